The predicted molar refractivity (Wildman–Crippen MR) is 142 cm³/mol. The molecule has 4 rings (SSSR count). The molecule has 0 radical (unpaired) electrons. The molecule has 2 heteroatoms. The molecule has 0 amide bonds. The molecule has 0 aromatic heterocycles. The molecule has 182 valence electrons. The molecule has 0 heterocycles. The van der Waals surface area contributed by atoms with Crippen molar-refractivity contribution in [2.24, 2.45) is 11.8 Å². The molecule has 0 unspecified atom stereocenters. The van der Waals surface area contributed by atoms with E-state index in [1.165, 1.54) is 68.1 Å². The average Bonchev–Trinajstić information content (AvgIpc) is 2.88. The fraction of sp³-hybridized carbons (Fsp3) is 0.500. The van der Waals surface area contributed by atoms with E-state index in [1.54, 1.807) is 6.07 Å². The third-order valence-corrected chi connectivity index (χ3v) is 8.22. The van der Waals surface area contributed by atoms with Crippen LogP contribution in [0.15, 0.2) is 54.6 Å². The van der Waals surface area contributed by atoms with Crippen molar-refractivity contribution in [3.8, 4) is 0 Å². The highest BCUT2D eigenvalue weighted by atomic mass is 19.1. The van der Waals surface area contributed by atoms with Gasteiger partial charge in [-0.15, -0.1) is 0 Å². The summed E-state index contributed by atoms with van der Waals surface area (Å²) in [6.07, 6.45) is 20.7. The normalized spacial score (nSPS) is 25.9. The molecule has 2 aliphatic carbocycles. The van der Waals surface area contributed by atoms with Gasteiger partial charge in [-0.1, -0.05) is 60.7 Å². The maximum absolute atomic E-state index is 14.8. The smallest absolute Gasteiger partial charge is 0.130 e. The van der Waals surface area contributed by atoms with Crippen LogP contribution in [0.3, 0.4) is 0 Å². The van der Waals surface area contributed by atoms with Gasteiger partial charge in [-0.3, -0.25) is 0 Å². The zero-order valence-corrected chi connectivity index (χ0v) is 21.0. The van der Waals surface area contributed by atoms with Crippen LogP contribution in [0.4, 0.5) is 4.39 Å². The first-order valence-electron chi connectivity index (χ1n) is 13.4. The molecule has 2 aliphatic rings. The van der Waals surface area contributed by atoms with Gasteiger partial charge >= 0.3 is 0 Å². The number of ether oxygens (including phenoxy) is 1. The quantitative estimate of drug-likeness (QED) is 0.382. The molecule has 2 aromatic rings. The Balaban J connectivity index is 1.24. The molecule has 0 saturated heterocycles. The topological polar surface area (TPSA) is 9.23 Å². The second-order valence-electron chi connectivity index (χ2n) is 10.3. The molecule has 34 heavy (non-hydrogen) atoms. The Hall–Kier alpha value is -2.19. The van der Waals surface area contributed by atoms with Crippen molar-refractivity contribution in [2.45, 2.75) is 83.2 Å². The lowest BCUT2D eigenvalue weighted by Gasteiger charge is -2.37. The molecule has 0 aliphatic heterocycles. The number of benzene rings is 2. The molecule has 0 N–H and O–H groups in total. The Bertz CT molecular complexity index is 941. The summed E-state index contributed by atoms with van der Waals surface area (Å²) in [4.78, 5) is 0. The lowest BCUT2D eigenvalue weighted by Crippen LogP contribution is -2.27. The van der Waals surface area contributed by atoms with E-state index in [0.29, 0.717) is 17.6 Å². The summed E-state index contributed by atoms with van der Waals surface area (Å²) in [5, 5.41) is 0. The SMILES string of the molecule is CC=Cc1ccc(CCC=Cc2ccc(C3CCC(C4CCC(OC)CC4)CC3)cc2F)cc1. The minimum atomic E-state index is -0.0792. The summed E-state index contributed by atoms with van der Waals surface area (Å²) in [6.45, 7) is 2.03. The highest BCUT2D eigenvalue weighted by Crippen LogP contribution is 2.43. The van der Waals surface area contributed by atoms with Gasteiger partial charge in [0.2, 0.25) is 0 Å². The summed E-state index contributed by atoms with van der Waals surface area (Å²) >= 11 is 0. The van der Waals surface area contributed by atoms with Crippen LogP contribution in [-0.2, 0) is 11.2 Å². The summed E-state index contributed by atoms with van der Waals surface area (Å²) in [6, 6.07) is 14.6. The number of hydrogen-bond donors (Lipinski definition) is 0. The van der Waals surface area contributed by atoms with Gasteiger partial charge in [0.15, 0.2) is 0 Å². The number of halogens is 1. The summed E-state index contributed by atoms with van der Waals surface area (Å²) < 4.78 is 20.4. The molecular weight excluding hydrogens is 419 g/mol. The van der Waals surface area contributed by atoms with Gasteiger partial charge in [-0.2, -0.15) is 0 Å². The van der Waals surface area contributed by atoms with Gasteiger partial charge in [-0.25, -0.2) is 4.39 Å². The van der Waals surface area contributed by atoms with Crippen LogP contribution in [0.2, 0.25) is 0 Å². The lowest BCUT2D eigenvalue weighted by molar-refractivity contribution is 0.0410. The van der Waals surface area contributed by atoms with Crippen LogP contribution in [0.1, 0.15) is 92.9 Å². The Kier molecular flexibility index (Phi) is 9.16. The molecule has 2 saturated carbocycles. The standard InChI is InChI=1S/C32H41FO/c1-3-6-24-9-11-25(12-10-24)7-4-5-8-29-17-18-30(23-32(29)33)28-15-13-26(14-16-28)27-19-21-31(34-2)22-20-27/h3,5-6,8-12,17-18,23,26-28,31H,4,7,13-16,19-22H2,1-2H3. The number of allylic oxidation sites excluding steroid dienone is 2. The average molecular weight is 461 g/mol. The van der Waals surface area contributed by atoms with Crippen molar-refractivity contribution in [3.63, 3.8) is 0 Å². The van der Waals surface area contributed by atoms with E-state index in [-0.39, 0.29) is 5.82 Å². The summed E-state index contributed by atoms with van der Waals surface area (Å²) in [5.74, 6) is 2.18. The maximum atomic E-state index is 14.8. The number of methoxy groups -OCH3 is 1. The first-order valence-corrected chi connectivity index (χ1v) is 13.4. The number of hydrogen-bond acceptors (Lipinski definition) is 1. The summed E-state index contributed by atoms with van der Waals surface area (Å²) in [7, 11) is 1.85. The van der Waals surface area contributed by atoms with Crippen LogP contribution >= 0.6 is 0 Å². The largest absolute Gasteiger partial charge is 0.381 e. The van der Waals surface area contributed by atoms with E-state index in [1.807, 2.05) is 26.2 Å². The first kappa shape index (κ1) is 24.9. The van der Waals surface area contributed by atoms with Crippen molar-refractivity contribution in [1.29, 1.82) is 0 Å². The molecule has 2 fully saturated rings. The van der Waals surface area contributed by atoms with Crippen LogP contribution in [0, 0.1) is 17.7 Å². The zero-order chi connectivity index (χ0) is 23.8. The highest BCUT2D eigenvalue weighted by molar-refractivity contribution is 5.51. The predicted octanol–water partition coefficient (Wildman–Crippen LogP) is 8.98. The minimum absolute atomic E-state index is 0.0792. The van der Waals surface area contributed by atoms with Crippen LogP contribution < -0.4 is 0 Å². The third-order valence-electron chi connectivity index (χ3n) is 8.22. The summed E-state index contributed by atoms with van der Waals surface area (Å²) in [5.41, 5.74) is 4.44. The maximum Gasteiger partial charge on any atom is 0.130 e. The third kappa shape index (κ3) is 6.69. The minimum Gasteiger partial charge on any atom is -0.381 e. The number of aryl methyl sites for hydroxylation is 1. The molecular formula is C32H41FO. The molecule has 0 spiro atoms. The van der Waals surface area contributed by atoms with Crippen molar-refractivity contribution >= 4 is 12.2 Å². The first-order chi connectivity index (χ1) is 16.7. The molecule has 2 aromatic carbocycles. The van der Waals surface area contributed by atoms with Crippen molar-refractivity contribution in [1.82, 2.24) is 0 Å². The fourth-order valence-corrected chi connectivity index (χ4v) is 6.10. The van der Waals surface area contributed by atoms with E-state index in [4.69, 9.17) is 4.74 Å². The fourth-order valence-electron chi connectivity index (χ4n) is 6.10. The Morgan fingerprint density at radius 3 is 2.15 bits per heavy atom. The van der Waals surface area contributed by atoms with E-state index in [0.717, 1.165) is 24.7 Å². The Morgan fingerprint density at radius 1 is 0.853 bits per heavy atom. The second kappa shape index (κ2) is 12.5. The second-order valence-corrected chi connectivity index (χ2v) is 10.3. The van der Waals surface area contributed by atoms with E-state index < -0.39 is 0 Å². The Morgan fingerprint density at radius 2 is 1.53 bits per heavy atom. The Labute approximate surface area is 206 Å². The monoisotopic (exact) mass is 460 g/mol. The zero-order valence-electron chi connectivity index (χ0n) is 21.0. The van der Waals surface area contributed by atoms with Gasteiger partial charge in [0.1, 0.15) is 5.82 Å². The van der Waals surface area contributed by atoms with Gasteiger partial charge in [0.25, 0.3) is 0 Å². The van der Waals surface area contributed by atoms with E-state index in [2.05, 4.69) is 48.6 Å². The molecule has 0 atom stereocenters. The van der Waals surface area contributed by atoms with Crippen LogP contribution in [-0.4, -0.2) is 13.2 Å². The van der Waals surface area contributed by atoms with E-state index >= 15 is 0 Å². The van der Waals surface area contributed by atoms with Gasteiger partial charge in [-0.05, 0) is 112 Å². The van der Waals surface area contributed by atoms with Crippen molar-refractivity contribution in [2.75, 3.05) is 7.11 Å². The van der Waals surface area contributed by atoms with Crippen molar-refractivity contribution < 1.29 is 9.13 Å². The van der Waals surface area contributed by atoms with Gasteiger partial charge < -0.3 is 4.74 Å². The van der Waals surface area contributed by atoms with E-state index in [9.17, 15) is 4.39 Å². The molecule has 0 bridgehead atoms. The lowest BCUT2D eigenvalue weighted by atomic mass is 9.69. The van der Waals surface area contributed by atoms with Crippen LogP contribution in [0.25, 0.3) is 12.2 Å². The highest BCUT2D eigenvalue weighted by Gasteiger charge is 2.31. The number of rotatable bonds is 8. The van der Waals surface area contributed by atoms with Gasteiger partial charge in [0, 0.05) is 12.7 Å². The van der Waals surface area contributed by atoms with Gasteiger partial charge in [0.05, 0.1) is 6.10 Å². The van der Waals surface area contributed by atoms with Crippen LogP contribution in [0.5, 0.6) is 0 Å². The van der Waals surface area contributed by atoms with Crippen molar-refractivity contribution in [3.05, 3.63) is 82.7 Å². The molecule has 1 nitrogen and oxygen atoms in total.